The molecular formula is C49H53N4OYb+. The fourth-order valence-electron chi connectivity index (χ4n) is 5.50. The zero-order chi connectivity index (χ0) is 38.4. The number of aryl methyl sites for hydroxylation is 4. The molecule has 6 aromatic rings. The summed E-state index contributed by atoms with van der Waals surface area (Å²) < 4.78 is 4.94. The van der Waals surface area contributed by atoms with Crippen LogP contribution in [-0.4, -0.2) is 13.2 Å². The van der Waals surface area contributed by atoms with E-state index in [1.807, 2.05) is 142 Å². The molecule has 0 aliphatic carbocycles. The van der Waals surface area contributed by atoms with Gasteiger partial charge in [0.05, 0.1) is 23.5 Å². The number of hydrogen-bond donors (Lipinski definition) is 0. The quantitative estimate of drug-likeness (QED) is 0.135. The molecule has 0 atom stereocenters. The molecule has 0 spiro atoms. The van der Waals surface area contributed by atoms with Gasteiger partial charge in [0.1, 0.15) is 0 Å². The van der Waals surface area contributed by atoms with E-state index in [9.17, 15) is 0 Å². The van der Waals surface area contributed by atoms with Crippen LogP contribution in [0.5, 0.6) is 0 Å². The Morgan fingerprint density at radius 3 is 0.945 bits per heavy atom. The van der Waals surface area contributed by atoms with Crippen LogP contribution in [0.3, 0.4) is 0 Å². The summed E-state index contributed by atoms with van der Waals surface area (Å²) in [6, 6.07) is 54.3. The largest absolute Gasteiger partial charge is 3.00 e. The molecule has 6 aromatic carbocycles. The summed E-state index contributed by atoms with van der Waals surface area (Å²) in [6.45, 7) is 14.4. The standard InChI is InChI=1S/C21H25N2.2C12H10N.C4H8O.Yb/c1-14-9-7-10-15(2)20(14)22-18(5)13-19(6)23-21-16(3)11-8-12-17(21)4;2*1-3-7-11(8-4-1)13-12-9-5-2-6-10-12;1-2-4-5-3-1;/h7-13H,1-6H3;2*1-10H;1-4H2;/q;2*-1;;+3. The Labute approximate surface area is 370 Å². The Hall–Kier alpha value is -4.00. The second-order valence-corrected chi connectivity index (χ2v) is 13.0. The van der Waals surface area contributed by atoms with Crippen molar-refractivity contribution in [1.29, 1.82) is 0 Å². The average Bonchev–Trinajstić information content (AvgIpc) is 3.78. The predicted octanol–water partition coefficient (Wildman–Crippen LogP) is 14.2. The zero-order valence-corrected chi connectivity index (χ0v) is 34.6. The number of nitrogens with zero attached hydrogens (tertiary/aromatic N) is 4. The van der Waals surface area contributed by atoms with Crippen molar-refractivity contribution in [2.45, 2.75) is 54.4 Å². The maximum Gasteiger partial charge on any atom is 3.00 e. The molecule has 1 heterocycles. The van der Waals surface area contributed by atoms with Gasteiger partial charge in [-0.2, -0.15) is 0 Å². The molecular weight excluding hydrogens is 834 g/mol. The van der Waals surface area contributed by atoms with Gasteiger partial charge in [0, 0.05) is 19.6 Å². The Morgan fingerprint density at radius 2 is 0.709 bits per heavy atom. The van der Waals surface area contributed by atoms with Crippen LogP contribution >= 0.6 is 0 Å². The van der Waals surface area contributed by atoms with E-state index in [0.717, 1.165) is 59.4 Å². The number of para-hydroxylation sites is 6. The van der Waals surface area contributed by atoms with Gasteiger partial charge in [-0.1, -0.05) is 158 Å². The third-order valence-corrected chi connectivity index (χ3v) is 8.24. The van der Waals surface area contributed by atoms with Gasteiger partial charge in [-0.25, -0.2) is 0 Å². The number of ether oxygens (including phenoxy) is 1. The van der Waals surface area contributed by atoms with Gasteiger partial charge in [0.25, 0.3) is 0 Å². The van der Waals surface area contributed by atoms with Crippen LogP contribution in [-0.2, 0) is 4.74 Å². The van der Waals surface area contributed by atoms with E-state index in [0.29, 0.717) is 0 Å². The van der Waals surface area contributed by atoms with Crippen LogP contribution in [0.4, 0.5) is 34.1 Å². The Balaban J connectivity index is 0.000000216. The van der Waals surface area contributed by atoms with Crippen molar-refractivity contribution in [3.05, 3.63) is 209 Å². The molecule has 0 N–H and O–H groups in total. The molecule has 0 unspecified atom stereocenters. The monoisotopic (exact) mass is 887 g/mol. The van der Waals surface area contributed by atoms with E-state index >= 15 is 0 Å². The molecule has 1 fully saturated rings. The van der Waals surface area contributed by atoms with Crippen LogP contribution in [0.1, 0.15) is 48.9 Å². The summed E-state index contributed by atoms with van der Waals surface area (Å²) in [5.41, 5.74) is 10.9. The van der Waals surface area contributed by atoms with Crippen LogP contribution in [0.25, 0.3) is 10.6 Å². The molecule has 288 valence electrons. The summed E-state index contributed by atoms with van der Waals surface area (Å²) in [6.07, 6.45) is 4.60. The van der Waals surface area contributed by atoms with Gasteiger partial charge in [-0.3, -0.25) is 10.6 Å². The molecule has 1 saturated heterocycles. The zero-order valence-electron chi connectivity index (χ0n) is 32.9. The van der Waals surface area contributed by atoms with Crippen LogP contribution in [0, 0.1) is 93.1 Å². The summed E-state index contributed by atoms with van der Waals surface area (Å²) in [4.78, 5) is 0. The first kappa shape index (κ1) is 45.4. The van der Waals surface area contributed by atoms with Gasteiger partial charge < -0.3 is 15.4 Å². The number of benzene rings is 6. The molecule has 6 heteroatoms. The van der Waals surface area contributed by atoms with E-state index in [1.165, 1.54) is 35.1 Å². The number of hydrogen-bond acceptors (Lipinski definition) is 1. The van der Waals surface area contributed by atoms with Crippen molar-refractivity contribution < 1.29 is 51.7 Å². The van der Waals surface area contributed by atoms with Gasteiger partial charge in [-0.15, -0.1) is 22.7 Å². The summed E-state index contributed by atoms with van der Waals surface area (Å²) in [7, 11) is 0. The summed E-state index contributed by atoms with van der Waals surface area (Å²) in [5, 5.41) is 18.4. The first-order valence-corrected chi connectivity index (χ1v) is 18.6. The third kappa shape index (κ3) is 17.6. The first-order valence-electron chi connectivity index (χ1n) is 18.6. The summed E-state index contributed by atoms with van der Waals surface area (Å²) in [5.74, 6) is 0. The van der Waals surface area contributed by atoms with E-state index in [2.05, 4.69) is 74.7 Å². The SMILES string of the molecule is C1CCOC1.C[C]([CH][C](C)[N]c1c(C)cccc1C)[N]c1c(C)cccc1C.[Yb+3].c1ccc([N-]c2ccccc2)cc1.c1ccc([N-]c2ccccc2)cc1. The topological polar surface area (TPSA) is 65.6 Å². The van der Waals surface area contributed by atoms with Gasteiger partial charge in [0.2, 0.25) is 0 Å². The van der Waals surface area contributed by atoms with E-state index in [1.54, 1.807) is 0 Å². The third-order valence-electron chi connectivity index (χ3n) is 8.24. The summed E-state index contributed by atoms with van der Waals surface area (Å²) >= 11 is 0. The van der Waals surface area contributed by atoms with E-state index in [-0.39, 0.29) is 46.9 Å². The van der Waals surface area contributed by atoms with Gasteiger partial charge >= 0.3 is 46.9 Å². The fourth-order valence-corrected chi connectivity index (χ4v) is 5.50. The Morgan fingerprint density at radius 1 is 0.436 bits per heavy atom. The molecule has 0 bridgehead atoms. The maximum atomic E-state index is 4.94. The molecule has 0 saturated carbocycles. The predicted molar refractivity (Wildman–Crippen MR) is 229 cm³/mol. The van der Waals surface area contributed by atoms with Gasteiger partial charge in [-0.05, 0) is 76.6 Å². The normalized spacial score (nSPS) is 11.3. The van der Waals surface area contributed by atoms with E-state index in [4.69, 9.17) is 15.4 Å². The molecule has 7 rings (SSSR count). The molecule has 6 radical (unpaired) electrons. The fraction of sp³-hybridized carbons (Fsp3) is 0.204. The van der Waals surface area contributed by atoms with E-state index < -0.39 is 0 Å². The van der Waals surface area contributed by atoms with Crippen molar-refractivity contribution in [3.63, 3.8) is 0 Å². The van der Waals surface area contributed by atoms with Crippen LogP contribution < -0.4 is 10.6 Å². The molecule has 1 aliphatic heterocycles. The number of rotatable bonds is 10. The van der Waals surface area contributed by atoms with Crippen molar-refractivity contribution >= 4 is 34.1 Å². The van der Waals surface area contributed by atoms with Crippen molar-refractivity contribution in [2.24, 2.45) is 0 Å². The molecule has 0 amide bonds. The second kappa shape index (κ2) is 26.0. The Bertz CT molecular complexity index is 1630. The minimum Gasteiger partial charge on any atom is -0.658 e. The van der Waals surface area contributed by atoms with Crippen molar-refractivity contribution in [2.75, 3.05) is 13.2 Å². The maximum absolute atomic E-state index is 4.94. The Kier molecular flexibility index (Phi) is 21.4. The second-order valence-electron chi connectivity index (χ2n) is 13.0. The molecule has 1 aliphatic rings. The average molecular weight is 887 g/mol. The first-order chi connectivity index (χ1) is 26.3. The molecule has 5 nitrogen and oxygen atoms in total. The smallest absolute Gasteiger partial charge is 0.658 e. The van der Waals surface area contributed by atoms with Crippen molar-refractivity contribution in [3.8, 4) is 0 Å². The van der Waals surface area contributed by atoms with Crippen LogP contribution in [0.2, 0.25) is 0 Å². The molecule has 0 aromatic heterocycles. The van der Waals surface area contributed by atoms with Crippen LogP contribution in [0.15, 0.2) is 158 Å². The minimum atomic E-state index is 0. The van der Waals surface area contributed by atoms with Gasteiger partial charge in [0.15, 0.2) is 0 Å². The molecule has 55 heavy (non-hydrogen) atoms. The van der Waals surface area contributed by atoms with Crippen molar-refractivity contribution in [1.82, 2.24) is 10.6 Å². The minimum absolute atomic E-state index is 0.